The fourth-order valence-corrected chi connectivity index (χ4v) is 3.73. The second-order valence-corrected chi connectivity index (χ2v) is 9.07. The highest BCUT2D eigenvalue weighted by atomic mass is 32.2. The molecule has 13 heteroatoms. The zero-order valence-corrected chi connectivity index (χ0v) is 21.0. The molecule has 0 saturated carbocycles. The summed E-state index contributed by atoms with van der Waals surface area (Å²) < 4.78 is 0. The lowest BCUT2D eigenvalue weighted by atomic mass is 10.1. The monoisotopic (exact) mass is 528 g/mol. The van der Waals surface area contributed by atoms with Crippen molar-refractivity contribution < 1.29 is 34.2 Å². The van der Waals surface area contributed by atoms with Crippen molar-refractivity contribution in [3.8, 4) is 0 Å². The third-order valence-electron chi connectivity index (χ3n) is 4.96. The third kappa shape index (κ3) is 11.5. The van der Waals surface area contributed by atoms with E-state index in [0.29, 0.717) is 17.7 Å². The Morgan fingerprint density at radius 2 is 1.49 bits per heavy atom. The van der Waals surface area contributed by atoms with Crippen molar-refractivity contribution in [2.75, 3.05) is 17.8 Å². The first-order chi connectivity index (χ1) is 16.6. The van der Waals surface area contributed by atoms with Crippen LogP contribution in [0.1, 0.15) is 24.8 Å². The highest BCUT2D eigenvalue weighted by Crippen LogP contribution is 2.06. The number of thioether (sulfide) groups is 1. The van der Waals surface area contributed by atoms with Gasteiger partial charge in [0.1, 0.15) is 18.1 Å². The number of carbonyl (C=O) groups is 5. The molecule has 7 N–H and O–H groups in total. The summed E-state index contributed by atoms with van der Waals surface area (Å²) in [5.74, 6) is -4.17. The highest BCUT2D eigenvalue weighted by molar-refractivity contribution is 7.98. The molecule has 0 aliphatic carbocycles. The van der Waals surface area contributed by atoms with Gasteiger partial charge in [-0.3, -0.25) is 19.2 Å². The van der Waals surface area contributed by atoms with E-state index in [2.05, 4.69) is 28.6 Å². The van der Waals surface area contributed by atoms with Crippen LogP contribution in [0.25, 0.3) is 0 Å². The van der Waals surface area contributed by atoms with Crippen molar-refractivity contribution in [3.05, 3.63) is 35.9 Å². The first-order valence-electron chi connectivity index (χ1n) is 10.8. The number of carboxylic acid groups (broad SMARTS) is 2. The zero-order valence-electron chi connectivity index (χ0n) is 19.3. The van der Waals surface area contributed by atoms with Crippen LogP contribution >= 0.6 is 24.4 Å². The zero-order chi connectivity index (χ0) is 26.4. The molecule has 35 heavy (non-hydrogen) atoms. The van der Waals surface area contributed by atoms with Crippen LogP contribution in [0.4, 0.5) is 0 Å². The molecule has 4 atom stereocenters. The fourth-order valence-electron chi connectivity index (χ4n) is 2.98. The molecule has 0 aromatic heterocycles. The van der Waals surface area contributed by atoms with Gasteiger partial charge in [-0.05, 0) is 30.4 Å². The minimum absolute atomic E-state index is 0.0282. The third-order valence-corrected chi connectivity index (χ3v) is 5.97. The quantitative estimate of drug-likeness (QED) is 0.141. The maximum absolute atomic E-state index is 12.8. The first kappa shape index (κ1) is 30.3. The number of carbonyl (C=O) groups excluding carboxylic acids is 3. The Morgan fingerprint density at radius 3 is 2.03 bits per heavy atom. The number of nitrogens with one attached hydrogen (secondary N) is 3. The van der Waals surface area contributed by atoms with Crippen LogP contribution in [0, 0.1) is 0 Å². The van der Waals surface area contributed by atoms with E-state index in [4.69, 9.17) is 10.8 Å². The van der Waals surface area contributed by atoms with E-state index in [1.54, 1.807) is 30.3 Å². The maximum atomic E-state index is 12.8. The lowest BCUT2D eigenvalue weighted by Gasteiger charge is -2.24. The number of carboxylic acids is 2. The molecule has 0 spiro atoms. The summed E-state index contributed by atoms with van der Waals surface area (Å²) in [5, 5.41) is 25.7. The molecule has 1 aromatic rings. The summed E-state index contributed by atoms with van der Waals surface area (Å²) in [6.45, 7) is 0. The molecule has 0 fully saturated rings. The molecule has 1 rings (SSSR count). The van der Waals surface area contributed by atoms with Crippen LogP contribution in [0.2, 0.25) is 0 Å². The highest BCUT2D eigenvalue weighted by Gasteiger charge is 2.30. The van der Waals surface area contributed by atoms with Crippen LogP contribution in [0.5, 0.6) is 0 Å². The molecule has 194 valence electrons. The second kappa shape index (κ2) is 16.0. The number of hydrogen-bond acceptors (Lipinski definition) is 8. The molecular formula is C22H32N4O7S2. The summed E-state index contributed by atoms with van der Waals surface area (Å²) in [4.78, 5) is 60.5. The largest absolute Gasteiger partial charge is 0.481 e. The molecular weight excluding hydrogens is 496 g/mol. The van der Waals surface area contributed by atoms with Gasteiger partial charge in [-0.15, -0.1) is 0 Å². The molecule has 4 unspecified atom stereocenters. The Kier molecular flexibility index (Phi) is 13.8. The van der Waals surface area contributed by atoms with Crippen LogP contribution in [0.15, 0.2) is 30.3 Å². The Morgan fingerprint density at radius 1 is 0.914 bits per heavy atom. The number of nitrogens with two attached hydrogens (primary N) is 1. The first-order valence-corrected chi connectivity index (χ1v) is 12.9. The smallest absolute Gasteiger partial charge is 0.326 e. The minimum atomic E-state index is -1.26. The lowest BCUT2D eigenvalue weighted by Crippen LogP contribution is -2.58. The van der Waals surface area contributed by atoms with E-state index in [9.17, 15) is 29.1 Å². The van der Waals surface area contributed by atoms with Crippen LogP contribution in [0.3, 0.4) is 0 Å². The van der Waals surface area contributed by atoms with Gasteiger partial charge < -0.3 is 31.9 Å². The van der Waals surface area contributed by atoms with E-state index < -0.39 is 60.2 Å². The number of aliphatic carboxylic acids is 2. The van der Waals surface area contributed by atoms with Gasteiger partial charge in [0.05, 0.1) is 6.04 Å². The molecule has 11 nitrogen and oxygen atoms in total. The lowest BCUT2D eigenvalue weighted by molar-refractivity contribution is -0.142. The number of thiol groups is 1. The molecule has 0 bridgehead atoms. The van der Waals surface area contributed by atoms with Gasteiger partial charge in [0.2, 0.25) is 17.7 Å². The molecule has 0 heterocycles. The molecule has 0 aliphatic heterocycles. The van der Waals surface area contributed by atoms with Crippen molar-refractivity contribution in [2.24, 2.45) is 5.73 Å². The van der Waals surface area contributed by atoms with Gasteiger partial charge in [-0.2, -0.15) is 24.4 Å². The van der Waals surface area contributed by atoms with Crippen LogP contribution in [-0.2, 0) is 30.4 Å². The van der Waals surface area contributed by atoms with Crippen LogP contribution < -0.4 is 21.7 Å². The van der Waals surface area contributed by atoms with Crippen molar-refractivity contribution in [3.63, 3.8) is 0 Å². The van der Waals surface area contributed by atoms with Crippen molar-refractivity contribution in [1.82, 2.24) is 16.0 Å². The molecule has 3 amide bonds. The number of rotatable bonds is 16. The SMILES string of the molecule is CSCCC(N)C(=O)NC(CCC(=O)O)C(=O)NC(CS)C(=O)NC(Cc1ccccc1)C(=O)O. The Balaban J connectivity index is 2.87. The predicted octanol–water partition coefficient (Wildman–Crippen LogP) is -0.357. The fraction of sp³-hybridized carbons (Fsp3) is 0.500. The molecule has 0 aliphatic rings. The standard InChI is InChI=1S/C22H32N4O7S2/c1-35-10-9-14(23)19(29)24-15(7-8-18(27)28)20(30)26-17(12-34)21(31)25-16(22(32)33)11-13-5-3-2-4-6-13/h2-6,14-17,34H,7-12,23H2,1H3,(H,24,29)(H,25,31)(H,26,30)(H,27,28)(H,32,33). The summed E-state index contributed by atoms with van der Waals surface area (Å²) in [7, 11) is 0. The van der Waals surface area contributed by atoms with Gasteiger partial charge in [-0.1, -0.05) is 30.3 Å². The van der Waals surface area contributed by atoms with Gasteiger partial charge >= 0.3 is 11.9 Å². The number of amides is 3. The van der Waals surface area contributed by atoms with E-state index in [1.807, 2.05) is 6.26 Å². The topological polar surface area (TPSA) is 188 Å². The van der Waals surface area contributed by atoms with Gasteiger partial charge in [0, 0.05) is 18.6 Å². The molecule has 1 aromatic carbocycles. The number of benzene rings is 1. The van der Waals surface area contributed by atoms with Crippen LogP contribution in [-0.4, -0.2) is 81.8 Å². The van der Waals surface area contributed by atoms with E-state index in [1.165, 1.54) is 11.8 Å². The Labute approximate surface area is 213 Å². The van der Waals surface area contributed by atoms with E-state index in [-0.39, 0.29) is 18.6 Å². The second-order valence-electron chi connectivity index (χ2n) is 7.71. The average molecular weight is 529 g/mol. The van der Waals surface area contributed by atoms with E-state index in [0.717, 1.165) is 0 Å². The number of hydrogen-bond donors (Lipinski definition) is 7. The summed E-state index contributed by atoms with van der Waals surface area (Å²) in [6, 6.07) is 4.09. The summed E-state index contributed by atoms with van der Waals surface area (Å²) in [6.07, 6.45) is 1.61. The van der Waals surface area contributed by atoms with Gasteiger partial charge in [0.15, 0.2) is 0 Å². The van der Waals surface area contributed by atoms with E-state index >= 15 is 0 Å². The van der Waals surface area contributed by atoms with Crippen molar-refractivity contribution >= 4 is 54.1 Å². The Hall–Kier alpha value is -2.77. The maximum Gasteiger partial charge on any atom is 0.326 e. The van der Waals surface area contributed by atoms with Crippen molar-refractivity contribution in [1.29, 1.82) is 0 Å². The molecule has 0 saturated heterocycles. The van der Waals surface area contributed by atoms with Gasteiger partial charge in [0.25, 0.3) is 0 Å². The summed E-state index contributed by atoms with van der Waals surface area (Å²) in [5.41, 5.74) is 6.52. The average Bonchev–Trinajstić information content (AvgIpc) is 2.82. The predicted molar refractivity (Wildman–Crippen MR) is 135 cm³/mol. The normalized spacial score (nSPS) is 14.1. The summed E-state index contributed by atoms with van der Waals surface area (Å²) >= 11 is 5.57. The van der Waals surface area contributed by atoms with Crippen molar-refractivity contribution in [2.45, 2.75) is 49.9 Å². The molecule has 0 radical (unpaired) electrons. The Bertz CT molecular complexity index is 873. The minimum Gasteiger partial charge on any atom is -0.481 e. The van der Waals surface area contributed by atoms with Gasteiger partial charge in [-0.25, -0.2) is 4.79 Å².